The lowest BCUT2D eigenvalue weighted by Crippen LogP contribution is -2.13. The van der Waals surface area contributed by atoms with Crippen LogP contribution in [-0.4, -0.2) is 22.7 Å². The maximum absolute atomic E-state index is 13.2. The maximum Gasteiger partial charge on any atom is 0.307 e. The summed E-state index contributed by atoms with van der Waals surface area (Å²) in [5, 5.41) is 19.1. The molecule has 0 heterocycles. The Balaban J connectivity index is 2.96. The van der Waals surface area contributed by atoms with Gasteiger partial charge in [-0.1, -0.05) is 0 Å². The molecule has 0 spiro atoms. The smallest absolute Gasteiger partial charge is 0.307 e. The molecule has 0 bridgehead atoms. The van der Waals surface area contributed by atoms with Crippen molar-refractivity contribution in [3.8, 4) is 5.75 Å². The van der Waals surface area contributed by atoms with E-state index in [2.05, 4.69) is 0 Å². The number of ether oxygens (including phenoxy) is 1. The Bertz CT molecular complexity index is 409. The molecule has 1 aromatic rings. The van der Waals surface area contributed by atoms with E-state index in [0.717, 1.165) is 0 Å². The van der Waals surface area contributed by atoms with E-state index in [4.69, 9.17) is 9.84 Å². The maximum atomic E-state index is 13.2. The minimum Gasteiger partial charge on any atom is -0.488 e. The minimum absolute atomic E-state index is 0.228. The number of aliphatic hydroxyl groups is 1. The van der Waals surface area contributed by atoms with Crippen LogP contribution in [0, 0.1) is 21.7 Å². The molecule has 1 aromatic carbocycles. The topological polar surface area (TPSA) is 72.6 Å². The highest BCUT2D eigenvalue weighted by molar-refractivity contribution is 5.39. The van der Waals surface area contributed by atoms with Gasteiger partial charge in [0.1, 0.15) is 6.61 Å². The number of benzene rings is 1. The van der Waals surface area contributed by atoms with Gasteiger partial charge in [-0.2, -0.15) is 4.39 Å². The average Bonchev–Trinajstić information content (AvgIpc) is 2.18. The van der Waals surface area contributed by atoms with Gasteiger partial charge in [-0.3, -0.25) is 10.1 Å². The first-order chi connectivity index (χ1) is 7.41. The van der Waals surface area contributed by atoms with Crippen LogP contribution >= 0.6 is 0 Å². The minimum atomic E-state index is -1.19. The average molecular weight is 233 g/mol. The van der Waals surface area contributed by atoms with Crippen molar-refractivity contribution < 1.29 is 23.5 Å². The molecule has 0 aromatic heterocycles. The number of nitro benzene ring substituents is 1. The second-order valence-corrected chi connectivity index (χ2v) is 3.15. The normalized spacial score (nSPS) is 12.2. The van der Waals surface area contributed by atoms with Crippen LogP contribution in [0.2, 0.25) is 0 Å². The lowest BCUT2D eigenvalue weighted by molar-refractivity contribution is -0.387. The molecule has 0 amide bonds. The summed E-state index contributed by atoms with van der Waals surface area (Å²) in [5.41, 5.74) is -0.957. The summed E-state index contributed by atoms with van der Waals surface area (Å²) in [6.45, 7) is 1.17. The van der Waals surface area contributed by atoms with E-state index in [1.165, 1.54) is 6.92 Å². The molecule has 16 heavy (non-hydrogen) atoms. The van der Waals surface area contributed by atoms with Crippen molar-refractivity contribution in [1.29, 1.82) is 0 Å². The highest BCUT2D eigenvalue weighted by atomic mass is 19.1. The zero-order chi connectivity index (χ0) is 12.3. The molecule has 0 aliphatic heterocycles. The first-order valence-corrected chi connectivity index (χ1v) is 4.36. The SMILES string of the molecule is C[C@@H](O)COc1cc(F)c([N+](=O)[O-])cc1F. The molecule has 0 unspecified atom stereocenters. The molecule has 88 valence electrons. The summed E-state index contributed by atoms with van der Waals surface area (Å²) in [7, 11) is 0. The highest BCUT2D eigenvalue weighted by Gasteiger charge is 2.19. The highest BCUT2D eigenvalue weighted by Crippen LogP contribution is 2.26. The third-order valence-electron chi connectivity index (χ3n) is 1.68. The summed E-state index contributed by atoms with van der Waals surface area (Å²) in [5.74, 6) is -2.70. The number of nitro groups is 1. The van der Waals surface area contributed by atoms with Gasteiger partial charge in [0, 0.05) is 6.07 Å². The molecule has 0 saturated carbocycles. The van der Waals surface area contributed by atoms with E-state index < -0.39 is 34.1 Å². The zero-order valence-corrected chi connectivity index (χ0v) is 8.31. The van der Waals surface area contributed by atoms with Crippen molar-refractivity contribution >= 4 is 5.69 Å². The molecule has 1 N–H and O–H groups in total. The summed E-state index contributed by atoms with van der Waals surface area (Å²) in [6.07, 6.45) is -0.849. The lowest BCUT2D eigenvalue weighted by Gasteiger charge is -2.08. The Hall–Kier alpha value is -1.76. The molecule has 0 radical (unpaired) electrons. The van der Waals surface area contributed by atoms with Gasteiger partial charge in [0.05, 0.1) is 17.1 Å². The van der Waals surface area contributed by atoms with Gasteiger partial charge in [-0.05, 0) is 6.92 Å². The van der Waals surface area contributed by atoms with Crippen molar-refractivity contribution in [2.24, 2.45) is 0 Å². The van der Waals surface area contributed by atoms with Gasteiger partial charge >= 0.3 is 5.69 Å². The quantitative estimate of drug-likeness (QED) is 0.633. The van der Waals surface area contributed by atoms with Crippen molar-refractivity contribution in [3.63, 3.8) is 0 Å². The van der Waals surface area contributed by atoms with E-state index in [0.29, 0.717) is 12.1 Å². The van der Waals surface area contributed by atoms with Crippen LogP contribution in [0.5, 0.6) is 5.75 Å². The zero-order valence-electron chi connectivity index (χ0n) is 8.31. The Morgan fingerprint density at radius 2 is 2.12 bits per heavy atom. The molecular weight excluding hydrogens is 224 g/mol. The lowest BCUT2D eigenvalue weighted by atomic mass is 10.3. The molecule has 0 aliphatic rings. The molecule has 1 rings (SSSR count). The number of hydrogen-bond acceptors (Lipinski definition) is 4. The fourth-order valence-corrected chi connectivity index (χ4v) is 0.979. The number of hydrogen-bond donors (Lipinski definition) is 1. The van der Waals surface area contributed by atoms with Crippen LogP contribution < -0.4 is 4.74 Å². The molecule has 0 fully saturated rings. The van der Waals surface area contributed by atoms with Crippen LogP contribution in [0.4, 0.5) is 14.5 Å². The van der Waals surface area contributed by atoms with Crippen molar-refractivity contribution in [2.75, 3.05) is 6.61 Å². The van der Waals surface area contributed by atoms with Crippen LogP contribution in [0.25, 0.3) is 0 Å². The Kier molecular flexibility index (Phi) is 3.73. The van der Waals surface area contributed by atoms with E-state index in [-0.39, 0.29) is 6.61 Å². The molecule has 0 saturated heterocycles. The van der Waals surface area contributed by atoms with Gasteiger partial charge in [0.25, 0.3) is 0 Å². The second kappa shape index (κ2) is 4.84. The number of rotatable bonds is 4. The van der Waals surface area contributed by atoms with E-state index in [9.17, 15) is 18.9 Å². The number of nitrogens with zero attached hydrogens (tertiary/aromatic N) is 1. The summed E-state index contributed by atoms with van der Waals surface area (Å²) in [4.78, 5) is 9.24. The molecule has 0 aliphatic carbocycles. The number of halogens is 2. The first kappa shape index (κ1) is 12.3. The molecule has 7 heteroatoms. The Labute approximate surface area is 89.4 Å². The van der Waals surface area contributed by atoms with Gasteiger partial charge < -0.3 is 9.84 Å². The Morgan fingerprint density at radius 1 is 1.50 bits per heavy atom. The van der Waals surface area contributed by atoms with Crippen molar-refractivity contribution in [1.82, 2.24) is 0 Å². The standard InChI is InChI=1S/C9H9F2NO4/c1-5(13)4-16-9-3-6(10)8(12(14)15)2-7(9)11/h2-3,5,13H,4H2,1H3/t5-/m1/s1. The second-order valence-electron chi connectivity index (χ2n) is 3.15. The van der Waals surface area contributed by atoms with Crippen molar-refractivity contribution in [3.05, 3.63) is 33.9 Å². The van der Waals surface area contributed by atoms with Crippen LogP contribution in [0.15, 0.2) is 12.1 Å². The first-order valence-electron chi connectivity index (χ1n) is 4.36. The van der Waals surface area contributed by atoms with Gasteiger partial charge in [-0.15, -0.1) is 0 Å². The van der Waals surface area contributed by atoms with Gasteiger partial charge in [0.15, 0.2) is 11.6 Å². The van der Waals surface area contributed by atoms with E-state index in [1.807, 2.05) is 0 Å². The largest absolute Gasteiger partial charge is 0.488 e. The summed E-state index contributed by atoms with van der Waals surface area (Å²) < 4.78 is 30.9. The Morgan fingerprint density at radius 3 is 2.62 bits per heavy atom. The monoisotopic (exact) mass is 233 g/mol. The predicted molar refractivity (Wildman–Crippen MR) is 50.2 cm³/mol. The summed E-state index contributed by atoms with van der Waals surface area (Å²) in [6, 6.07) is 1.02. The fourth-order valence-electron chi connectivity index (χ4n) is 0.979. The van der Waals surface area contributed by atoms with E-state index in [1.54, 1.807) is 0 Å². The van der Waals surface area contributed by atoms with Gasteiger partial charge in [-0.25, -0.2) is 4.39 Å². The summed E-state index contributed by atoms with van der Waals surface area (Å²) >= 11 is 0. The third kappa shape index (κ3) is 2.86. The van der Waals surface area contributed by atoms with Crippen molar-refractivity contribution in [2.45, 2.75) is 13.0 Å². The molecular formula is C9H9F2NO4. The molecule has 1 atom stereocenters. The van der Waals surface area contributed by atoms with Crippen LogP contribution in [0.3, 0.4) is 0 Å². The van der Waals surface area contributed by atoms with Crippen LogP contribution in [-0.2, 0) is 0 Å². The third-order valence-corrected chi connectivity index (χ3v) is 1.68. The van der Waals surface area contributed by atoms with Crippen LogP contribution in [0.1, 0.15) is 6.92 Å². The van der Waals surface area contributed by atoms with Gasteiger partial charge in [0.2, 0.25) is 5.82 Å². The predicted octanol–water partition coefficient (Wildman–Crippen LogP) is 1.63. The molecule has 5 nitrogen and oxygen atoms in total. The van der Waals surface area contributed by atoms with E-state index >= 15 is 0 Å². The number of aliphatic hydroxyl groups excluding tert-OH is 1. The fraction of sp³-hybridized carbons (Fsp3) is 0.333.